The van der Waals surface area contributed by atoms with E-state index in [1.807, 2.05) is 119 Å². The van der Waals surface area contributed by atoms with Crippen LogP contribution in [0, 0.1) is 0 Å². The lowest BCUT2D eigenvalue weighted by Gasteiger charge is -2.21. The molecule has 1 heterocycles. The number of nitrogens with zero attached hydrogens (tertiary/aromatic N) is 1. The maximum atomic E-state index is 14.3. The molecule has 43 heavy (non-hydrogen) atoms. The number of aromatic nitrogens is 1. The van der Waals surface area contributed by atoms with Gasteiger partial charge in [-0.2, -0.15) is 0 Å². The molecule has 0 saturated carbocycles. The zero-order valence-corrected chi connectivity index (χ0v) is 24.8. The molecule has 0 aliphatic rings. The first kappa shape index (κ1) is 28.1. The van der Waals surface area contributed by atoms with Crippen molar-refractivity contribution < 1.29 is 19.1 Å². The Morgan fingerprint density at radius 1 is 0.651 bits per heavy atom. The monoisotopic (exact) mass is 567 g/mol. The maximum Gasteiger partial charge on any atom is 0.344 e. The predicted molar refractivity (Wildman–Crippen MR) is 172 cm³/mol. The Kier molecular flexibility index (Phi) is 7.64. The van der Waals surface area contributed by atoms with Crippen LogP contribution >= 0.6 is 0 Å². The number of esters is 2. The minimum atomic E-state index is -0.456. The van der Waals surface area contributed by atoms with Crippen LogP contribution in [0.15, 0.2) is 103 Å². The van der Waals surface area contributed by atoms with Crippen molar-refractivity contribution in [3.8, 4) is 5.75 Å². The molecule has 5 nitrogen and oxygen atoms in total. The maximum absolute atomic E-state index is 14.3. The number of hydrogen-bond acceptors (Lipinski definition) is 5. The summed E-state index contributed by atoms with van der Waals surface area (Å²) in [5, 5.41) is 3.54. The van der Waals surface area contributed by atoms with Crippen molar-refractivity contribution in [2.24, 2.45) is 0 Å². The molecule has 1 aromatic heterocycles. The van der Waals surface area contributed by atoms with Crippen molar-refractivity contribution in [1.82, 2.24) is 4.98 Å². The van der Waals surface area contributed by atoms with E-state index in [4.69, 9.17) is 14.5 Å². The highest BCUT2D eigenvalue weighted by Gasteiger charge is 2.25. The molecule has 214 valence electrons. The summed E-state index contributed by atoms with van der Waals surface area (Å²) in [6.07, 6.45) is 0. The van der Waals surface area contributed by atoms with Gasteiger partial charge in [0.15, 0.2) is 0 Å². The first-order chi connectivity index (χ1) is 20.8. The lowest BCUT2D eigenvalue weighted by molar-refractivity contribution is 0.0472. The number of fused-ring (bicyclic) bond motifs is 3. The molecule has 0 unspecified atom stereocenters. The quantitative estimate of drug-likeness (QED) is 0.109. The highest BCUT2D eigenvalue weighted by atomic mass is 16.5. The minimum Gasteiger partial charge on any atom is -0.457 e. The van der Waals surface area contributed by atoms with E-state index >= 15 is 0 Å². The molecule has 6 rings (SSSR count). The van der Waals surface area contributed by atoms with E-state index in [0.29, 0.717) is 16.9 Å². The lowest BCUT2D eigenvalue weighted by Crippen LogP contribution is -2.15. The number of carbonyl (C=O) groups excluding carboxylic acids is 2. The Morgan fingerprint density at radius 2 is 1.26 bits per heavy atom. The van der Waals surface area contributed by atoms with Crippen LogP contribution < -0.4 is 4.74 Å². The Hall–Kier alpha value is -5.03. The highest BCUT2D eigenvalue weighted by molar-refractivity contribution is 6.17. The van der Waals surface area contributed by atoms with Gasteiger partial charge < -0.3 is 9.47 Å². The molecule has 0 aliphatic heterocycles. The number of ether oxygens (including phenoxy) is 2. The van der Waals surface area contributed by atoms with Gasteiger partial charge in [-0.05, 0) is 69.6 Å². The van der Waals surface area contributed by atoms with Crippen LogP contribution in [0.1, 0.15) is 76.9 Å². The van der Waals surface area contributed by atoms with Crippen molar-refractivity contribution in [2.45, 2.75) is 46.1 Å². The minimum absolute atomic E-state index is 0.0166. The average Bonchev–Trinajstić information content (AvgIpc) is 3.01. The van der Waals surface area contributed by atoms with E-state index in [-0.39, 0.29) is 18.4 Å². The number of benzene rings is 5. The number of carbonyl (C=O) groups is 2. The van der Waals surface area contributed by atoms with Crippen LogP contribution in [-0.4, -0.2) is 16.9 Å². The smallest absolute Gasteiger partial charge is 0.344 e. The number of pyridine rings is 1. The van der Waals surface area contributed by atoms with Gasteiger partial charge >= 0.3 is 11.9 Å². The normalized spacial score (nSPS) is 11.5. The SMILES string of the molecule is CC(C)c1cc(C(=O)OCc2ccccc2)cc(C(C)C)c1OC(=O)c1c2ccccc2nc2cc3ccccc3cc12. The molecule has 0 atom stereocenters. The first-order valence-corrected chi connectivity index (χ1v) is 14.6. The summed E-state index contributed by atoms with van der Waals surface area (Å²) in [4.78, 5) is 32.3. The second kappa shape index (κ2) is 11.7. The Balaban J connectivity index is 1.44. The summed E-state index contributed by atoms with van der Waals surface area (Å²) in [6, 6.07) is 32.9. The van der Waals surface area contributed by atoms with Gasteiger partial charge in [-0.3, -0.25) is 0 Å². The number of rotatable bonds is 7. The number of para-hydroxylation sites is 1. The van der Waals surface area contributed by atoms with E-state index in [9.17, 15) is 9.59 Å². The van der Waals surface area contributed by atoms with Gasteiger partial charge in [-0.15, -0.1) is 0 Å². The Labute approximate surface area is 251 Å². The molecule has 0 spiro atoms. The fourth-order valence-electron chi connectivity index (χ4n) is 5.52. The van der Waals surface area contributed by atoms with Crippen LogP contribution in [0.2, 0.25) is 0 Å². The molecule has 0 aliphatic carbocycles. The third-order valence-corrected chi connectivity index (χ3v) is 7.79. The van der Waals surface area contributed by atoms with Crippen molar-refractivity contribution in [2.75, 3.05) is 0 Å². The fourth-order valence-corrected chi connectivity index (χ4v) is 5.52. The predicted octanol–water partition coefficient (Wildman–Crippen LogP) is 9.36. The summed E-state index contributed by atoms with van der Waals surface area (Å²) in [5.41, 5.74) is 4.84. The molecule has 0 radical (unpaired) electrons. The summed E-state index contributed by atoms with van der Waals surface area (Å²) in [6.45, 7) is 8.29. The van der Waals surface area contributed by atoms with Crippen molar-refractivity contribution >= 4 is 44.5 Å². The first-order valence-electron chi connectivity index (χ1n) is 14.6. The summed E-state index contributed by atoms with van der Waals surface area (Å²) in [5.74, 6) is -0.413. The fraction of sp³-hybridized carbons (Fsp3) is 0.184. The van der Waals surface area contributed by atoms with Crippen LogP contribution in [-0.2, 0) is 11.3 Å². The van der Waals surface area contributed by atoms with Crippen LogP contribution in [0.4, 0.5) is 0 Å². The third-order valence-electron chi connectivity index (χ3n) is 7.79. The van der Waals surface area contributed by atoms with Gasteiger partial charge in [0.25, 0.3) is 0 Å². The van der Waals surface area contributed by atoms with E-state index < -0.39 is 11.9 Å². The van der Waals surface area contributed by atoms with Crippen LogP contribution in [0.5, 0.6) is 5.75 Å². The molecule has 0 N–H and O–H groups in total. The summed E-state index contributed by atoms with van der Waals surface area (Å²) >= 11 is 0. The van der Waals surface area contributed by atoms with E-state index in [0.717, 1.165) is 49.3 Å². The van der Waals surface area contributed by atoms with Gasteiger partial charge in [0.2, 0.25) is 0 Å². The van der Waals surface area contributed by atoms with Crippen molar-refractivity contribution in [3.63, 3.8) is 0 Å². The molecular formula is C38H33NO4. The second-order valence-electron chi connectivity index (χ2n) is 11.5. The molecule has 0 bridgehead atoms. The zero-order valence-electron chi connectivity index (χ0n) is 24.8. The third kappa shape index (κ3) is 5.59. The van der Waals surface area contributed by atoms with E-state index in [1.165, 1.54) is 0 Å². The summed E-state index contributed by atoms with van der Waals surface area (Å²) in [7, 11) is 0. The van der Waals surface area contributed by atoms with Gasteiger partial charge in [0.1, 0.15) is 12.4 Å². The highest BCUT2D eigenvalue weighted by Crippen LogP contribution is 2.38. The van der Waals surface area contributed by atoms with Crippen LogP contribution in [0.3, 0.4) is 0 Å². The molecule has 6 aromatic rings. The van der Waals surface area contributed by atoms with Gasteiger partial charge in [-0.1, -0.05) is 100 Å². The van der Waals surface area contributed by atoms with E-state index in [1.54, 1.807) is 12.1 Å². The topological polar surface area (TPSA) is 65.5 Å². The zero-order chi connectivity index (χ0) is 30.1. The molecule has 0 amide bonds. The van der Waals surface area contributed by atoms with Gasteiger partial charge in [-0.25, -0.2) is 14.6 Å². The van der Waals surface area contributed by atoms with Crippen molar-refractivity contribution in [3.05, 3.63) is 131 Å². The van der Waals surface area contributed by atoms with Gasteiger partial charge in [0, 0.05) is 10.8 Å². The molecular weight excluding hydrogens is 534 g/mol. The Bertz CT molecular complexity index is 1960. The lowest BCUT2D eigenvalue weighted by atomic mass is 9.91. The standard InChI is InChI=1S/C38H33NO4/c1-23(2)30-19-28(37(40)42-22-25-12-6-5-7-13-25)20-31(24(3)4)36(30)43-38(41)35-29-16-10-11-17-33(29)39-34-21-27-15-9-8-14-26(27)18-32(34)35/h5-21,23-24H,22H2,1-4H3. The summed E-state index contributed by atoms with van der Waals surface area (Å²) < 4.78 is 12.0. The molecule has 0 saturated heterocycles. The van der Waals surface area contributed by atoms with Crippen molar-refractivity contribution in [1.29, 1.82) is 0 Å². The number of hydrogen-bond donors (Lipinski definition) is 0. The molecule has 0 fully saturated rings. The largest absolute Gasteiger partial charge is 0.457 e. The van der Waals surface area contributed by atoms with Crippen LogP contribution in [0.25, 0.3) is 32.6 Å². The second-order valence-corrected chi connectivity index (χ2v) is 11.5. The average molecular weight is 568 g/mol. The molecule has 5 aromatic carbocycles. The van der Waals surface area contributed by atoms with Gasteiger partial charge in [0.05, 0.1) is 22.2 Å². The Morgan fingerprint density at radius 3 is 1.93 bits per heavy atom. The van der Waals surface area contributed by atoms with E-state index in [2.05, 4.69) is 0 Å². The molecule has 5 heteroatoms.